The molecule has 0 radical (unpaired) electrons. The van der Waals surface area contributed by atoms with Crippen LogP contribution >= 0.6 is 11.6 Å². The summed E-state index contributed by atoms with van der Waals surface area (Å²) in [6, 6.07) is 17.2. The highest BCUT2D eigenvalue weighted by Gasteiger charge is 2.22. The summed E-state index contributed by atoms with van der Waals surface area (Å²) in [5.74, 6) is 0.741. The van der Waals surface area contributed by atoms with Crippen molar-refractivity contribution < 1.29 is 0 Å². The number of halogens is 1. The second-order valence-corrected chi connectivity index (χ2v) is 7.20. The third-order valence-electron chi connectivity index (χ3n) is 5.02. The lowest BCUT2D eigenvalue weighted by atomic mass is 9.96. The van der Waals surface area contributed by atoms with Crippen LogP contribution in [0.15, 0.2) is 48.5 Å². The summed E-state index contributed by atoms with van der Waals surface area (Å²) >= 11 is 6.10. The Bertz CT molecular complexity index is 623. The molecule has 0 aromatic heterocycles. The number of aryl methyl sites for hydroxylation is 1. The van der Waals surface area contributed by atoms with Gasteiger partial charge in [0.15, 0.2) is 0 Å². The summed E-state index contributed by atoms with van der Waals surface area (Å²) in [6.45, 7) is 2.33. The SMILES string of the molecule is CN(CCC[C@@H]1CCc2cc(Cl)ccc21)CCc1ccccc1. The second-order valence-electron chi connectivity index (χ2n) is 6.76. The summed E-state index contributed by atoms with van der Waals surface area (Å²) in [4.78, 5) is 2.46. The Morgan fingerprint density at radius 2 is 1.91 bits per heavy atom. The molecule has 0 aliphatic heterocycles. The van der Waals surface area contributed by atoms with E-state index in [1.807, 2.05) is 6.07 Å². The van der Waals surface area contributed by atoms with E-state index in [2.05, 4.69) is 54.4 Å². The van der Waals surface area contributed by atoms with Gasteiger partial charge in [-0.05, 0) is 80.4 Å². The predicted octanol–water partition coefficient (Wildman–Crippen LogP) is 5.32. The van der Waals surface area contributed by atoms with Crippen LogP contribution in [-0.4, -0.2) is 25.0 Å². The third kappa shape index (κ3) is 4.59. The molecular formula is C21H26ClN. The van der Waals surface area contributed by atoms with Crippen LogP contribution in [0, 0.1) is 0 Å². The standard InChI is InChI=1S/C21H26ClN/c1-23(15-13-17-6-3-2-4-7-17)14-5-8-18-9-10-19-16-20(22)11-12-21(18)19/h2-4,6-7,11-12,16,18H,5,8-10,13-15H2,1H3/t18-/m1/s1. The average Bonchev–Trinajstić information content (AvgIpc) is 2.96. The molecular weight excluding hydrogens is 302 g/mol. The molecule has 0 amide bonds. The number of likely N-dealkylation sites (N-methyl/N-ethyl adjacent to an activating group) is 1. The van der Waals surface area contributed by atoms with Crippen molar-refractivity contribution >= 4 is 11.6 Å². The number of hydrogen-bond donors (Lipinski definition) is 0. The molecule has 0 heterocycles. The molecule has 3 rings (SSSR count). The fraction of sp³-hybridized carbons (Fsp3) is 0.429. The fourth-order valence-electron chi connectivity index (χ4n) is 3.66. The van der Waals surface area contributed by atoms with Crippen LogP contribution < -0.4 is 0 Å². The van der Waals surface area contributed by atoms with Crippen LogP contribution in [-0.2, 0) is 12.8 Å². The van der Waals surface area contributed by atoms with Crippen molar-refractivity contribution in [2.75, 3.05) is 20.1 Å². The molecule has 0 saturated carbocycles. The maximum absolute atomic E-state index is 6.10. The first-order valence-electron chi connectivity index (χ1n) is 8.73. The van der Waals surface area contributed by atoms with E-state index in [0.29, 0.717) is 0 Å². The van der Waals surface area contributed by atoms with Gasteiger partial charge in [-0.1, -0.05) is 48.0 Å². The molecule has 2 aromatic carbocycles. The van der Waals surface area contributed by atoms with Crippen molar-refractivity contribution in [1.82, 2.24) is 4.90 Å². The Morgan fingerprint density at radius 3 is 2.74 bits per heavy atom. The molecule has 0 spiro atoms. The van der Waals surface area contributed by atoms with E-state index in [0.717, 1.165) is 23.9 Å². The minimum Gasteiger partial charge on any atom is -0.306 e. The molecule has 0 fully saturated rings. The molecule has 1 atom stereocenters. The molecule has 2 aromatic rings. The topological polar surface area (TPSA) is 3.24 Å². The van der Waals surface area contributed by atoms with E-state index in [9.17, 15) is 0 Å². The van der Waals surface area contributed by atoms with E-state index in [-0.39, 0.29) is 0 Å². The first kappa shape index (κ1) is 16.5. The van der Waals surface area contributed by atoms with Crippen LogP contribution in [0.1, 0.15) is 41.9 Å². The summed E-state index contributed by atoms with van der Waals surface area (Å²) in [7, 11) is 2.24. The Morgan fingerprint density at radius 1 is 1.09 bits per heavy atom. The lowest BCUT2D eigenvalue weighted by Gasteiger charge is -2.18. The van der Waals surface area contributed by atoms with Crippen LogP contribution in [0.3, 0.4) is 0 Å². The van der Waals surface area contributed by atoms with Crippen LogP contribution in [0.2, 0.25) is 5.02 Å². The molecule has 122 valence electrons. The Hall–Kier alpha value is -1.31. The van der Waals surface area contributed by atoms with E-state index >= 15 is 0 Å². The Balaban J connectivity index is 1.40. The van der Waals surface area contributed by atoms with Crippen molar-refractivity contribution in [2.45, 2.75) is 38.0 Å². The average molecular weight is 328 g/mol. The van der Waals surface area contributed by atoms with Crippen LogP contribution in [0.25, 0.3) is 0 Å². The van der Waals surface area contributed by atoms with Gasteiger partial charge in [0.1, 0.15) is 0 Å². The van der Waals surface area contributed by atoms with Gasteiger partial charge in [0, 0.05) is 11.6 Å². The Kier molecular flexibility index (Phi) is 5.75. The maximum atomic E-state index is 6.10. The van der Waals surface area contributed by atoms with Crippen molar-refractivity contribution in [3.05, 3.63) is 70.2 Å². The normalized spacial score (nSPS) is 16.7. The van der Waals surface area contributed by atoms with Crippen LogP contribution in [0.4, 0.5) is 0 Å². The monoisotopic (exact) mass is 327 g/mol. The van der Waals surface area contributed by atoms with Gasteiger partial charge < -0.3 is 4.90 Å². The van der Waals surface area contributed by atoms with Crippen LogP contribution in [0.5, 0.6) is 0 Å². The Labute approximate surface area is 145 Å². The number of nitrogens with zero attached hydrogens (tertiary/aromatic N) is 1. The van der Waals surface area contributed by atoms with Gasteiger partial charge >= 0.3 is 0 Å². The lowest BCUT2D eigenvalue weighted by Crippen LogP contribution is -2.22. The molecule has 2 heteroatoms. The zero-order chi connectivity index (χ0) is 16.1. The molecule has 0 bridgehead atoms. The highest BCUT2D eigenvalue weighted by Crippen LogP contribution is 2.37. The molecule has 23 heavy (non-hydrogen) atoms. The molecule has 1 aliphatic carbocycles. The number of benzene rings is 2. The third-order valence-corrected chi connectivity index (χ3v) is 5.26. The highest BCUT2D eigenvalue weighted by molar-refractivity contribution is 6.30. The largest absolute Gasteiger partial charge is 0.306 e. The van der Waals surface area contributed by atoms with Gasteiger partial charge in [0.2, 0.25) is 0 Å². The van der Waals surface area contributed by atoms with Gasteiger partial charge in [-0.3, -0.25) is 0 Å². The van der Waals surface area contributed by atoms with E-state index < -0.39 is 0 Å². The highest BCUT2D eigenvalue weighted by atomic mass is 35.5. The number of hydrogen-bond acceptors (Lipinski definition) is 1. The van der Waals surface area contributed by atoms with Gasteiger partial charge in [0.05, 0.1) is 0 Å². The summed E-state index contributed by atoms with van der Waals surface area (Å²) in [5.41, 5.74) is 4.45. The quantitative estimate of drug-likeness (QED) is 0.664. The zero-order valence-electron chi connectivity index (χ0n) is 14.0. The smallest absolute Gasteiger partial charge is 0.0408 e. The minimum atomic E-state index is 0.741. The van der Waals surface area contributed by atoms with Crippen molar-refractivity contribution in [1.29, 1.82) is 0 Å². The fourth-order valence-corrected chi connectivity index (χ4v) is 3.85. The zero-order valence-corrected chi connectivity index (χ0v) is 14.7. The molecule has 0 saturated heterocycles. The lowest BCUT2D eigenvalue weighted by molar-refractivity contribution is 0.324. The summed E-state index contributed by atoms with van der Waals surface area (Å²) in [5, 5.41) is 0.880. The van der Waals surface area contributed by atoms with Gasteiger partial charge in [-0.15, -0.1) is 0 Å². The van der Waals surface area contributed by atoms with Gasteiger partial charge in [0.25, 0.3) is 0 Å². The molecule has 1 nitrogen and oxygen atoms in total. The van der Waals surface area contributed by atoms with Gasteiger partial charge in [-0.2, -0.15) is 0 Å². The van der Waals surface area contributed by atoms with Gasteiger partial charge in [-0.25, -0.2) is 0 Å². The van der Waals surface area contributed by atoms with Crippen molar-refractivity contribution in [3.8, 4) is 0 Å². The molecule has 0 unspecified atom stereocenters. The number of rotatable bonds is 7. The molecule has 0 N–H and O–H groups in total. The van der Waals surface area contributed by atoms with Crippen molar-refractivity contribution in [3.63, 3.8) is 0 Å². The first-order chi connectivity index (χ1) is 11.2. The first-order valence-corrected chi connectivity index (χ1v) is 9.11. The predicted molar refractivity (Wildman–Crippen MR) is 99.4 cm³/mol. The van der Waals surface area contributed by atoms with E-state index in [1.54, 1.807) is 5.56 Å². The maximum Gasteiger partial charge on any atom is 0.0408 e. The summed E-state index contributed by atoms with van der Waals surface area (Å²) < 4.78 is 0. The second kappa shape index (κ2) is 7.99. The number of fused-ring (bicyclic) bond motifs is 1. The van der Waals surface area contributed by atoms with E-state index in [4.69, 9.17) is 11.6 Å². The van der Waals surface area contributed by atoms with E-state index in [1.165, 1.54) is 43.4 Å². The molecule has 1 aliphatic rings. The summed E-state index contributed by atoms with van der Waals surface area (Å²) in [6.07, 6.45) is 6.21. The minimum absolute atomic E-state index is 0.741. The van der Waals surface area contributed by atoms with Crippen molar-refractivity contribution in [2.24, 2.45) is 0 Å².